The molecule has 1 N–H and O–H groups in total. The molecule has 10 heteroatoms. The van der Waals surface area contributed by atoms with Crippen molar-refractivity contribution in [2.45, 2.75) is 17.9 Å². The van der Waals surface area contributed by atoms with Crippen LogP contribution in [0, 0.1) is 0 Å². The van der Waals surface area contributed by atoms with E-state index in [1.807, 2.05) is 17.0 Å². The number of anilines is 2. The lowest BCUT2D eigenvalue weighted by Gasteiger charge is -2.30. The van der Waals surface area contributed by atoms with Gasteiger partial charge in [0.25, 0.3) is 5.91 Å². The van der Waals surface area contributed by atoms with Crippen molar-refractivity contribution in [1.29, 1.82) is 0 Å². The van der Waals surface area contributed by atoms with Gasteiger partial charge in [0.1, 0.15) is 11.6 Å². The van der Waals surface area contributed by atoms with Crippen LogP contribution >= 0.6 is 11.6 Å². The third-order valence-corrected chi connectivity index (χ3v) is 4.48. The van der Waals surface area contributed by atoms with Gasteiger partial charge in [-0.3, -0.25) is 4.79 Å². The van der Waals surface area contributed by atoms with Gasteiger partial charge in [0.05, 0.1) is 5.38 Å². The molecule has 2 aromatic rings. The number of amides is 1. The first kappa shape index (κ1) is 20.9. The molecule has 154 valence electrons. The molecule has 1 aliphatic heterocycles. The van der Waals surface area contributed by atoms with Crippen LogP contribution < -0.4 is 15.0 Å². The highest BCUT2D eigenvalue weighted by atomic mass is 35.5. The number of nitrogens with zero attached hydrogens (tertiary/aromatic N) is 2. The number of alkyl halides is 5. The van der Waals surface area contributed by atoms with E-state index in [1.165, 1.54) is 12.1 Å². The lowest BCUT2D eigenvalue weighted by atomic mass is 10.1. The van der Waals surface area contributed by atoms with Crippen molar-refractivity contribution in [3.63, 3.8) is 0 Å². The van der Waals surface area contributed by atoms with Crippen molar-refractivity contribution in [3.8, 4) is 5.75 Å². The first-order valence-corrected chi connectivity index (χ1v) is 8.96. The van der Waals surface area contributed by atoms with Gasteiger partial charge in [-0.1, -0.05) is 12.1 Å². The Labute approximate surface area is 168 Å². The molecule has 1 aromatic heterocycles. The van der Waals surface area contributed by atoms with Gasteiger partial charge < -0.3 is 15.0 Å². The smallest absolute Gasteiger partial charge is 0.428 e. The molecule has 1 amide bonds. The molecule has 1 atom stereocenters. The van der Waals surface area contributed by atoms with Crippen LogP contribution in [0.25, 0.3) is 0 Å². The number of carbonyl (C=O) groups excluding carboxylic acids is 1. The van der Waals surface area contributed by atoms with Gasteiger partial charge in [0.2, 0.25) is 0 Å². The van der Waals surface area contributed by atoms with E-state index < -0.39 is 29.6 Å². The second-order valence-corrected chi connectivity index (χ2v) is 6.69. The zero-order valence-corrected chi connectivity index (χ0v) is 15.6. The van der Waals surface area contributed by atoms with Crippen molar-refractivity contribution in [2.75, 3.05) is 23.3 Å². The summed E-state index contributed by atoms with van der Waals surface area (Å²) in [4.78, 5) is 18.6. The van der Waals surface area contributed by atoms with Crippen LogP contribution in [0.1, 0.15) is 0 Å². The van der Waals surface area contributed by atoms with E-state index in [1.54, 1.807) is 18.3 Å². The molecule has 0 saturated heterocycles. The SMILES string of the molecule is O=C(Nc1ccc(OC(F)(F)C(F)F)cc1)C1=CCN(c2ccccn2)CC1Cl. The van der Waals surface area contributed by atoms with E-state index in [0.717, 1.165) is 18.0 Å². The number of benzene rings is 1. The standard InChI is InChI=1S/C19H16ClF4N3O2/c20-15-11-27(16-3-1-2-9-25-16)10-8-14(15)17(28)26-12-4-6-13(7-5-12)29-19(23,24)18(21)22/h1-9,15,18H,10-11H2,(H,26,28). The predicted octanol–water partition coefficient (Wildman–Crippen LogP) is 4.31. The zero-order valence-electron chi connectivity index (χ0n) is 14.9. The van der Waals surface area contributed by atoms with E-state index in [9.17, 15) is 22.4 Å². The van der Waals surface area contributed by atoms with Gasteiger partial charge in [-0.25, -0.2) is 4.98 Å². The van der Waals surface area contributed by atoms with Crippen molar-refractivity contribution in [1.82, 2.24) is 4.98 Å². The van der Waals surface area contributed by atoms with Crippen LogP contribution in [-0.2, 0) is 4.79 Å². The Morgan fingerprint density at radius 3 is 2.55 bits per heavy atom. The number of nitrogens with one attached hydrogen (secondary N) is 1. The Morgan fingerprint density at radius 2 is 1.97 bits per heavy atom. The molecule has 0 fully saturated rings. The average Bonchev–Trinajstić information content (AvgIpc) is 2.69. The highest BCUT2D eigenvalue weighted by molar-refractivity contribution is 6.27. The summed E-state index contributed by atoms with van der Waals surface area (Å²) in [7, 11) is 0. The normalized spacial score (nSPS) is 17.1. The average molecular weight is 430 g/mol. The Kier molecular flexibility index (Phi) is 6.26. The second kappa shape index (κ2) is 8.69. The van der Waals surface area contributed by atoms with Gasteiger partial charge in [0.15, 0.2) is 0 Å². The molecule has 3 rings (SSSR count). The van der Waals surface area contributed by atoms with Gasteiger partial charge in [-0.05, 0) is 36.4 Å². The minimum atomic E-state index is -4.59. The highest BCUT2D eigenvalue weighted by Gasteiger charge is 2.43. The third kappa shape index (κ3) is 5.17. The van der Waals surface area contributed by atoms with Crippen molar-refractivity contribution < 1.29 is 27.1 Å². The molecule has 1 aromatic carbocycles. The second-order valence-electron chi connectivity index (χ2n) is 6.16. The number of carbonyl (C=O) groups is 1. The molecule has 29 heavy (non-hydrogen) atoms. The summed E-state index contributed by atoms with van der Waals surface area (Å²) in [6.07, 6.45) is -5.20. The van der Waals surface area contributed by atoms with Gasteiger partial charge in [-0.15, -0.1) is 11.6 Å². The first-order valence-electron chi connectivity index (χ1n) is 8.53. The van der Waals surface area contributed by atoms with Gasteiger partial charge >= 0.3 is 12.5 Å². The van der Waals surface area contributed by atoms with E-state index in [4.69, 9.17) is 11.6 Å². The monoisotopic (exact) mass is 429 g/mol. The number of halogens is 5. The molecular formula is C19H16ClF4N3O2. The summed E-state index contributed by atoms with van der Waals surface area (Å²) in [6, 6.07) is 10.1. The molecule has 1 aliphatic rings. The molecule has 0 aliphatic carbocycles. The summed E-state index contributed by atoms with van der Waals surface area (Å²) in [6.45, 7) is 0.825. The fraction of sp³-hybridized carbons (Fsp3) is 0.263. The number of ether oxygens (including phenoxy) is 1. The molecule has 1 unspecified atom stereocenters. The number of pyridine rings is 1. The van der Waals surface area contributed by atoms with Gasteiger partial charge in [0, 0.05) is 30.5 Å². The number of aromatic nitrogens is 1. The fourth-order valence-electron chi connectivity index (χ4n) is 2.68. The molecule has 0 radical (unpaired) electrons. The highest BCUT2D eigenvalue weighted by Crippen LogP contribution is 2.28. The fourth-order valence-corrected chi connectivity index (χ4v) is 3.03. The minimum Gasteiger partial charge on any atom is -0.428 e. The third-order valence-electron chi connectivity index (χ3n) is 4.11. The number of rotatable bonds is 6. The maximum absolute atomic E-state index is 12.9. The Hall–Kier alpha value is -2.81. The quantitative estimate of drug-likeness (QED) is 0.549. The topological polar surface area (TPSA) is 54.5 Å². The minimum absolute atomic E-state index is 0.277. The molecule has 2 heterocycles. The van der Waals surface area contributed by atoms with E-state index in [2.05, 4.69) is 15.0 Å². The Bertz CT molecular complexity index is 879. The number of hydrogen-bond donors (Lipinski definition) is 1. The van der Waals surface area contributed by atoms with Crippen molar-refractivity contribution in [3.05, 3.63) is 60.3 Å². The summed E-state index contributed by atoms with van der Waals surface area (Å²) in [5.74, 6) is -0.159. The lowest BCUT2D eigenvalue weighted by Crippen LogP contribution is -2.39. The van der Waals surface area contributed by atoms with Crippen LogP contribution in [-0.4, -0.2) is 41.9 Å². The van der Waals surface area contributed by atoms with Crippen LogP contribution in [0.2, 0.25) is 0 Å². The summed E-state index contributed by atoms with van der Waals surface area (Å²) < 4.78 is 54.1. The number of hydrogen-bond acceptors (Lipinski definition) is 4. The van der Waals surface area contributed by atoms with Crippen LogP contribution in [0.5, 0.6) is 5.75 Å². The van der Waals surface area contributed by atoms with Crippen molar-refractivity contribution in [2.24, 2.45) is 0 Å². The molecule has 0 spiro atoms. The molecule has 0 saturated carbocycles. The molecular weight excluding hydrogens is 414 g/mol. The Morgan fingerprint density at radius 1 is 1.24 bits per heavy atom. The van der Waals surface area contributed by atoms with Gasteiger partial charge in [-0.2, -0.15) is 17.6 Å². The van der Waals surface area contributed by atoms with E-state index in [0.29, 0.717) is 18.7 Å². The summed E-state index contributed by atoms with van der Waals surface area (Å²) in [5, 5.41) is 2.01. The maximum Gasteiger partial charge on any atom is 0.461 e. The van der Waals surface area contributed by atoms with Crippen LogP contribution in [0.4, 0.5) is 29.1 Å². The zero-order chi connectivity index (χ0) is 21.0. The largest absolute Gasteiger partial charge is 0.461 e. The molecule has 0 bridgehead atoms. The van der Waals surface area contributed by atoms with Crippen LogP contribution in [0.15, 0.2) is 60.3 Å². The van der Waals surface area contributed by atoms with E-state index in [-0.39, 0.29) is 5.69 Å². The Balaban J connectivity index is 1.62. The lowest BCUT2D eigenvalue weighted by molar-refractivity contribution is -0.253. The molecule has 5 nitrogen and oxygen atoms in total. The summed E-state index contributed by atoms with van der Waals surface area (Å²) in [5.41, 5.74) is 0.642. The van der Waals surface area contributed by atoms with Crippen LogP contribution in [0.3, 0.4) is 0 Å². The van der Waals surface area contributed by atoms with E-state index >= 15 is 0 Å². The first-order chi connectivity index (χ1) is 13.8. The summed E-state index contributed by atoms with van der Waals surface area (Å²) >= 11 is 6.34. The van der Waals surface area contributed by atoms with Crippen molar-refractivity contribution >= 4 is 29.0 Å². The predicted molar refractivity (Wildman–Crippen MR) is 101 cm³/mol. The maximum atomic E-state index is 12.9.